The smallest absolute Gasteiger partial charge is 0.307 e. The summed E-state index contributed by atoms with van der Waals surface area (Å²) in [4.78, 5) is 11.0. The fourth-order valence-corrected chi connectivity index (χ4v) is 1.35. The van der Waals surface area contributed by atoms with Gasteiger partial charge in [0.1, 0.15) is 0 Å². The molecule has 0 aliphatic heterocycles. The van der Waals surface area contributed by atoms with E-state index >= 15 is 0 Å². The Balaban J connectivity index is 2.60. The number of carbonyl (C=O) groups is 1. The van der Waals surface area contributed by atoms with E-state index in [1.807, 2.05) is 0 Å². The Morgan fingerprint density at radius 3 is 2.88 bits per heavy atom. The van der Waals surface area contributed by atoms with Crippen molar-refractivity contribution in [1.29, 1.82) is 0 Å². The van der Waals surface area contributed by atoms with Gasteiger partial charge in [0.05, 0.1) is 37.6 Å². The first-order valence-corrected chi connectivity index (χ1v) is 5.09. The lowest BCUT2D eigenvalue weighted by Crippen LogP contribution is -2.24. The van der Waals surface area contributed by atoms with Crippen molar-refractivity contribution < 1.29 is 14.6 Å². The molecule has 16 heavy (non-hydrogen) atoms. The van der Waals surface area contributed by atoms with E-state index in [-0.39, 0.29) is 12.4 Å². The van der Waals surface area contributed by atoms with Crippen LogP contribution in [-0.4, -0.2) is 38.8 Å². The number of methoxy groups -OCH3 is 1. The predicted octanol–water partition coefficient (Wildman–Crippen LogP) is 0.155. The predicted molar refractivity (Wildman–Crippen MR) is 56.7 cm³/mol. The minimum Gasteiger partial charge on any atom is -0.469 e. The molecule has 0 unspecified atom stereocenters. The topological polar surface area (TPSA) is 77.2 Å². The molecule has 1 N–H and O–H groups in total. The van der Waals surface area contributed by atoms with E-state index in [0.29, 0.717) is 13.0 Å². The maximum Gasteiger partial charge on any atom is 0.307 e. The van der Waals surface area contributed by atoms with Crippen molar-refractivity contribution in [3.63, 3.8) is 0 Å². The average molecular weight is 227 g/mol. The van der Waals surface area contributed by atoms with Gasteiger partial charge in [0.25, 0.3) is 0 Å². The van der Waals surface area contributed by atoms with E-state index in [0.717, 1.165) is 5.69 Å². The summed E-state index contributed by atoms with van der Waals surface area (Å²) in [6.07, 6.45) is 2.29. The van der Waals surface area contributed by atoms with Gasteiger partial charge in [0, 0.05) is 6.42 Å². The average Bonchev–Trinajstić information content (AvgIpc) is 2.59. The Kier molecular flexibility index (Phi) is 4.00. The van der Waals surface area contributed by atoms with Gasteiger partial charge >= 0.3 is 5.97 Å². The maximum absolute atomic E-state index is 11.0. The molecule has 0 bridgehead atoms. The number of aromatic nitrogens is 3. The molecule has 0 radical (unpaired) electrons. The van der Waals surface area contributed by atoms with Crippen LogP contribution in [-0.2, 0) is 22.5 Å². The van der Waals surface area contributed by atoms with Crippen LogP contribution in [0.15, 0.2) is 6.20 Å². The second-order valence-electron chi connectivity index (χ2n) is 4.26. The molecule has 0 aliphatic rings. The highest BCUT2D eigenvalue weighted by molar-refractivity contribution is 5.68. The number of hydrogen-bond acceptors (Lipinski definition) is 5. The first-order valence-electron chi connectivity index (χ1n) is 5.09. The zero-order valence-electron chi connectivity index (χ0n) is 9.80. The molecule has 0 saturated carbocycles. The highest BCUT2D eigenvalue weighted by atomic mass is 16.5. The molecule has 0 spiro atoms. The minimum absolute atomic E-state index is 0.249. The summed E-state index contributed by atoms with van der Waals surface area (Å²) in [5.41, 5.74) is -0.0125. The fourth-order valence-electron chi connectivity index (χ4n) is 1.35. The first-order chi connectivity index (χ1) is 7.42. The molecule has 1 aromatic rings. The summed E-state index contributed by atoms with van der Waals surface area (Å²) in [5.74, 6) is -0.287. The molecule has 1 rings (SSSR count). The second-order valence-corrected chi connectivity index (χ2v) is 4.26. The quantitative estimate of drug-likeness (QED) is 0.725. The van der Waals surface area contributed by atoms with E-state index in [9.17, 15) is 9.90 Å². The van der Waals surface area contributed by atoms with Crippen LogP contribution in [0, 0.1) is 0 Å². The molecular weight excluding hydrogens is 210 g/mol. The minimum atomic E-state index is -0.815. The fraction of sp³-hybridized carbons (Fsp3) is 0.700. The molecule has 90 valence electrons. The molecule has 6 heteroatoms. The van der Waals surface area contributed by atoms with E-state index in [1.54, 1.807) is 24.7 Å². The van der Waals surface area contributed by atoms with Crippen molar-refractivity contribution >= 4 is 5.97 Å². The lowest BCUT2D eigenvalue weighted by atomic mass is 10.0. The van der Waals surface area contributed by atoms with Crippen molar-refractivity contribution in [3.05, 3.63) is 11.9 Å². The molecule has 0 fully saturated rings. The standard InChI is InChI=1S/C10H17N3O3/c1-10(2,15)6-8-7-11-12-13(8)5-4-9(14)16-3/h7,15H,4-6H2,1-3H3. The lowest BCUT2D eigenvalue weighted by Gasteiger charge is -2.16. The van der Waals surface area contributed by atoms with Crippen LogP contribution in [0.5, 0.6) is 0 Å². The molecular formula is C10H17N3O3. The Morgan fingerprint density at radius 1 is 1.62 bits per heavy atom. The Bertz CT molecular complexity index is 354. The third-order valence-electron chi connectivity index (χ3n) is 2.07. The van der Waals surface area contributed by atoms with Crippen LogP contribution in [0.25, 0.3) is 0 Å². The molecule has 0 aliphatic carbocycles. The van der Waals surface area contributed by atoms with Crippen molar-refractivity contribution in [2.75, 3.05) is 7.11 Å². The Morgan fingerprint density at radius 2 is 2.31 bits per heavy atom. The monoisotopic (exact) mass is 227 g/mol. The van der Waals surface area contributed by atoms with Gasteiger partial charge in [-0.25, -0.2) is 4.68 Å². The van der Waals surface area contributed by atoms with E-state index < -0.39 is 5.60 Å². The molecule has 1 heterocycles. The number of ether oxygens (including phenoxy) is 1. The molecule has 0 saturated heterocycles. The van der Waals surface area contributed by atoms with Gasteiger partial charge in [0.15, 0.2) is 0 Å². The van der Waals surface area contributed by atoms with Crippen LogP contribution >= 0.6 is 0 Å². The Hall–Kier alpha value is -1.43. The number of hydrogen-bond donors (Lipinski definition) is 1. The van der Waals surface area contributed by atoms with Crippen LogP contribution in [0.4, 0.5) is 0 Å². The first kappa shape index (κ1) is 12.6. The highest BCUT2D eigenvalue weighted by Crippen LogP contribution is 2.11. The van der Waals surface area contributed by atoms with E-state index in [4.69, 9.17) is 0 Å². The third-order valence-corrected chi connectivity index (χ3v) is 2.07. The van der Waals surface area contributed by atoms with Crippen LogP contribution in [0.1, 0.15) is 26.0 Å². The number of esters is 1. The number of nitrogens with zero attached hydrogens (tertiary/aromatic N) is 3. The molecule has 6 nitrogen and oxygen atoms in total. The van der Waals surface area contributed by atoms with Crippen molar-refractivity contribution in [1.82, 2.24) is 15.0 Å². The van der Waals surface area contributed by atoms with E-state index in [1.165, 1.54) is 7.11 Å². The normalized spacial score (nSPS) is 11.5. The zero-order chi connectivity index (χ0) is 12.2. The summed E-state index contributed by atoms with van der Waals surface area (Å²) >= 11 is 0. The molecule has 0 amide bonds. The summed E-state index contributed by atoms with van der Waals surface area (Å²) in [6, 6.07) is 0. The summed E-state index contributed by atoms with van der Waals surface area (Å²) in [5, 5.41) is 17.3. The number of aryl methyl sites for hydroxylation is 1. The van der Waals surface area contributed by atoms with Crippen molar-refractivity contribution in [2.24, 2.45) is 0 Å². The van der Waals surface area contributed by atoms with Gasteiger partial charge in [-0.15, -0.1) is 5.10 Å². The SMILES string of the molecule is COC(=O)CCn1nncc1CC(C)(C)O. The van der Waals surface area contributed by atoms with Gasteiger partial charge in [-0.2, -0.15) is 0 Å². The third kappa shape index (κ3) is 3.98. The van der Waals surface area contributed by atoms with Crippen molar-refractivity contribution in [3.8, 4) is 0 Å². The molecule has 0 atom stereocenters. The van der Waals surface area contributed by atoms with Gasteiger partial charge in [-0.05, 0) is 13.8 Å². The number of carbonyl (C=O) groups excluding carboxylic acids is 1. The van der Waals surface area contributed by atoms with Crippen LogP contribution in [0.3, 0.4) is 0 Å². The van der Waals surface area contributed by atoms with Gasteiger partial charge in [0.2, 0.25) is 0 Å². The largest absolute Gasteiger partial charge is 0.469 e. The van der Waals surface area contributed by atoms with Crippen LogP contribution < -0.4 is 0 Å². The highest BCUT2D eigenvalue weighted by Gasteiger charge is 2.17. The molecule has 0 aromatic carbocycles. The van der Waals surface area contributed by atoms with Crippen LogP contribution in [0.2, 0.25) is 0 Å². The maximum atomic E-state index is 11.0. The van der Waals surface area contributed by atoms with E-state index in [2.05, 4.69) is 15.0 Å². The Labute approximate surface area is 94.2 Å². The number of rotatable bonds is 5. The molecule has 1 aromatic heterocycles. The summed E-state index contributed by atoms with van der Waals surface area (Å²) in [6.45, 7) is 3.84. The zero-order valence-corrected chi connectivity index (χ0v) is 9.80. The van der Waals surface area contributed by atoms with Crippen molar-refractivity contribution in [2.45, 2.75) is 38.8 Å². The second kappa shape index (κ2) is 5.07. The summed E-state index contributed by atoms with van der Waals surface area (Å²) < 4.78 is 6.15. The van der Waals surface area contributed by atoms with Gasteiger partial charge in [-0.3, -0.25) is 4.79 Å². The summed E-state index contributed by atoms with van der Waals surface area (Å²) in [7, 11) is 1.35. The number of aliphatic hydroxyl groups is 1. The van der Waals surface area contributed by atoms with Gasteiger partial charge in [-0.1, -0.05) is 5.21 Å². The van der Waals surface area contributed by atoms with Gasteiger partial charge < -0.3 is 9.84 Å². The lowest BCUT2D eigenvalue weighted by molar-refractivity contribution is -0.140.